The maximum atomic E-state index is 11.5. The maximum absolute atomic E-state index is 11.5. The van der Waals surface area contributed by atoms with Crippen molar-refractivity contribution in [3.05, 3.63) is 0 Å². The topological polar surface area (TPSA) is 50.7 Å². The van der Waals surface area contributed by atoms with E-state index in [2.05, 4.69) is 24.2 Å². The Labute approximate surface area is 91.1 Å². The van der Waals surface area contributed by atoms with Crippen LogP contribution in [0, 0.1) is 5.92 Å². The van der Waals surface area contributed by atoms with Gasteiger partial charge in [0.2, 0.25) is 5.91 Å². The first-order chi connectivity index (χ1) is 7.10. The third-order valence-corrected chi connectivity index (χ3v) is 2.46. The Balaban J connectivity index is 2.73. The van der Waals surface area contributed by atoms with Gasteiger partial charge < -0.3 is 10.1 Å². The monoisotopic (exact) mass is 212 g/mol. The van der Waals surface area contributed by atoms with Gasteiger partial charge in [0.1, 0.15) is 18.0 Å². The smallest absolute Gasteiger partial charge is 0.250 e. The van der Waals surface area contributed by atoms with Gasteiger partial charge in [0.15, 0.2) is 0 Å². The molecule has 0 fully saturated rings. The summed E-state index contributed by atoms with van der Waals surface area (Å²) in [5.74, 6) is 1.01. The second kappa shape index (κ2) is 5.26. The minimum absolute atomic E-state index is 0.00199. The zero-order valence-electron chi connectivity index (χ0n) is 9.91. The minimum Gasteiger partial charge on any atom is -0.370 e. The van der Waals surface area contributed by atoms with Crippen LogP contribution in [0.25, 0.3) is 0 Å². The van der Waals surface area contributed by atoms with Crippen molar-refractivity contribution < 1.29 is 9.53 Å². The Morgan fingerprint density at radius 2 is 2.13 bits per heavy atom. The fourth-order valence-corrected chi connectivity index (χ4v) is 1.66. The van der Waals surface area contributed by atoms with Gasteiger partial charge in [0.25, 0.3) is 0 Å². The molecular weight excluding hydrogens is 192 g/mol. The number of rotatable bonds is 5. The van der Waals surface area contributed by atoms with E-state index in [1.165, 1.54) is 0 Å². The van der Waals surface area contributed by atoms with E-state index in [1.54, 1.807) is 0 Å². The van der Waals surface area contributed by atoms with Crippen LogP contribution in [-0.4, -0.2) is 30.5 Å². The van der Waals surface area contributed by atoms with Gasteiger partial charge in [0.05, 0.1) is 0 Å². The molecule has 0 saturated heterocycles. The number of hydrogen-bond donors (Lipinski definition) is 1. The van der Waals surface area contributed by atoms with Gasteiger partial charge in [-0.3, -0.25) is 9.79 Å². The third-order valence-electron chi connectivity index (χ3n) is 2.46. The summed E-state index contributed by atoms with van der Waals surface area (Å²) in [6.45, 7) is 8.67. The molecule has 4 heteroatoms. The molecule has 0 aromatic carbocycles. The fraction of sp³-hybridized carbons (Fsp3) is 0.818. The van der Waals surface area contributed by atoms with Crippen LogP contribution in [0.1, 0.15) is 34.1 Å². The van der Waals surface area contributed by atoms with Crippen LogP contribution in [0.5, 0.6) is 0 Å². The number of nitrogens with zero attached hydrogens (tertiary/aromatic N) is 1. The molecule has 4 nitrogen and oxygen atoms in total. The van der Waals surface area contributed by atoms with Crippen molar-refractivity contribution in [1.29, 1.82) is 0 Å². The number of hydrogen-bond acceptors (Lipinski definition) is 3. The second-order valence-corrected chi connectivity index (χ2v) is 4.05. The molecule has 0 aromatic rings. The highest BCUT2D eigenvalue weighted by molar-refractivity contribution is 6.07. The average molecular weight is 212 g/mol. The lowest BCUT2D eigenvalue weighted by Crippen LogP contribution is -2.39. The first-order valence-corrected chi connectivity index (χ1v) is 5.60. The summed E-state index contributed by atoms with van der Waals surface area (Å²) in [7, 11) is 0. The molecule has 15 heavy (non-hydrogen) atoms. The number of nitrogens with one attached hydrogen (secondary N) is 1. The lowest BCUT2D eigenvalue weighted by Gasteiger charge is -2.20. The average Bonchev–Trinajstić information content (AvgIpc) is 2.55. The number of aliphatic imine (C=N–C) groups is 1. The number of carbonyl (C=O) groups excluding carboxylic acids is 1. The van der Waals surface area contributed by atoms with Crippen molar-refractivity contribution in [2.45, 2.75) is 46.3 Å². The third kappa shape index (κ3) is 2.78. The number of amides is 1. The highest BCUT2D eigenvalue weighted by atomic mass is 16.5. The van der Waals surface area contributed by atoms with Crippen molar-refractivity contribution in [3.8, 4) is 0 Å². The van der Waals surface area contributed by atoms with Crippen molar-refractivity contribution in [3.63, 3.8) is 0 Å². The standard InChI is InChI=1S/C11H20N2O2/c1-5-8-11(14)13-10(12-8)9(7(3)4)15-6-2/h7-9H,5-6H2,1-4H3,(H,12,13,14). The number of amidine groups is 1. The van der Waals surface area contributed by atoms with Crippen LogP contribution in [0.15, 0.2) is 4.99 Å². The molecule has 2 unspecified atom stereocenters. The molecule has 86 valence electrons. The molecular formula is C11H20N2O2. The predicted molar refractivity (Wildman–Crippen MR) is 59.9 cm³/mol. The summed E-state index contributed by atoms with van der Waals surface area (Å²) in [6, 6.07) is -0.221. The van der Waals surface area contributed by atoms with E-state index < -0.39 is 0 Å². The number of carbonyl (C=O) groups is 1. The van der Waals surface area contributed by atoms with Crippen molar-refractivity contribution in [2.24, 2.45) is 10.9 Å². The van der Waals surface area contributed by atoms with Crippen molar-refractivity contribution >= 4 is 11.7 Å². The molecule has 2 atom stereocenters. The summed E-state index contributed by atoms with van der Waals surface area (Å²) in [5.41, 5.74) is 0. The van der Waals surface area contributed by atoms with E-state index in [9.17, 15) is 4.79 Å². The zero-order chi connectivity index (χ0) is 11.4. The minimum atomic E-state index is -0.221. The predicted octanol–water partition coefficient (Wildman–Crippen LogP) is 1.35. The molecule has 0 spiro atoms. The molecule has 1 amide bonds. The molecule has 0 radical (unpaired) electrons. The first kappa shape index (κ1) is 12.2. The lowest BCUT2D eigenvalue weighted by atomic mass is 10.1. The SMILES string of the molecule is CCOC(C1=NC(CC)C(=O)N1)C(C)C. The Hall–Kier alpha value is -0.900. The summed E-state index contributed by atoms with van der Waals surface area (Å²) in [4.78, 5) is 15.8. The van der Waals surface area contributed by atoms with E-state index >= 15 is 0 Å². The van der Waals surface area contributed by atoms with Gasteiger partial charge in [-0.05, 0) is 19.3 Å². The fourth-order valence-electron chi connectivity index (χ4n) is 1.66. The lowest BCUT2D eigenvalue weighted by molar-refractivity contribution is -0.120. The summed E-state index contributed by atoms with van der Waals surface area (Å²) < 4.78 is 5.58. The Bertz CT molecular complexity index is 261. The Morgan fingerprint density at radius 1 is 1.47 bits per heavy atom. The molecule has 0 bridgehead atoms. The first-order valence-electron chi connectivity index (χ1n) is 5.60. The highest BCUT2D eigenvalue weighted by Gasteiger charge is 2.31. The van der Waals surface area contributed by atoms with Crippen LogP contribution < -0.4 is 5.32 Å². The van der Waals surface area contributed by atoms with Gasteiger partial charge in [-0.25, -0.2) is 0 Å². The molecule has 1 rings (SSSR count). The van der Waals surface area contributed by atoms with Gasteiger partial charge >= 0.3 is 0 Å². The van der Waals surface area contributed by atoms with E-state index in [-0.39, 0.29) is 18.1 Å². The number of ether oxygens (including phenoxy) is 1. The van der Waals surface area contributed by atoms with E-state index in [0.29, 0.717) is 18.4 Å². The van der Waals surface area contributed by atoms with Crippen LogP contribution in [0.3, 0.4) is 0 Å². The maximum Gasteiger partial charge on any atom is 0.250 e. The van der Waals surface area contributed by atoms with Gasteiger partial charge in [0, 0.05) is 6.61 Å². The van der Waals surface area contributed by atoms with Gasteiger partial charge in [-0.15, -0.1) is 0 Å². The van der Waals surface area contributed by atoms with Crippen molar-refractivity contribution in [1.82, 2.24) is 5.32 Å². The van der Waals surface area contributed by atoms with Crippen LogP contribution in [0.2, 0.25) is 0 Å². The summed E-state index contributed by atoms with van der Waals surface area (Å²) in [5, 5.41) is 2.81. The quantitative estimate of drug-likeness (QED) is 0.748. The largest absolute Gasteiger partial charge is 0.370 e. The molecule has 1 aliphatic rings. The van der Waals surface area contributed by atoms with Crippen molar-refractivity contribution in [2.75, 3.05) is 6.61 Å². The van der Waals surface area contributed by atoms with E-state index in [0.717, 1.165) is 6.42 Å². The summed E-state index contributed by atoms with van der Waals surface area (Å²) >= 11 is 0. The summed E-state index contributed by atoms with van der Waals surface area (Å²) in [6.07, 6.45) is 0.655. The molecule has 0 aliphatic carbocycles. The molecule has 0 aromatic heterocycles. The zero-order valence-corrected chi connectivity index (χ0v) is 9.91. The molecule has 1 aliphatic heterocycles. The Kier molecular flexibility index (Phi) is 4.27. The van der Waals surface area contributed by atoms with Crippen LogP contribution in [-0.2, 0) is 9.53 Å². The normalized spacial score (nSPS) is 22.9. The Morgan fingerprint density at radius 3 is 2.53 bits per heavy atom. The second-order valence-electron chi connectivity index (χ2n) is 4.05. The molecule has 1 N–H and O–H groups in total. The van der Waals surface area contributed by atoms with E-state index in [1.807, 2.05) is 13.8 Å². The molecule has 0 saturated carbocycles. The van der Waals surface area contributed by atoms with Crippen LogP contribution >= 0.6 is 0 Å². The van der Waals surface area contributed by atoms with Gasteiger partial charge in [-0.2, -0.15) is 0 Å². The highest BCUT2D eigenvalue weighted by Crippen LogP contribution is 2.14. The van der Waals surface area contributed by atoms with Crippen LogP contribution in [0.4, 0.5) is 0 Å². The molecule has 1 heterocycles. The van der Waals surface area contributed by atoms with E-state index in [4.69, 9.17) is 4.74 Å². The van der Waals surface area contributed by atoms with Gasteiger partial charge in [-0.1, -0.05) is 20.8 Å².